The number of nitrogens with zero attached hydrogens (tertiary/aromatic N) is 2. The minimum absolute atomic E-state index is 0.306. The van der Waals surface area contributed by atoms with Crippen molar-refractivity contribution < 1.29 is 14.3 Å². The molecule has 0 aromatic heterocycles. The molecule has 4 rings (SSSR count). The Labute approximate surface area is 207 Å². The number of amidine groups is 1. The van der Waals surface area contributed by atoms with Crippen LogP contribution in [0.25, 0.3) is 0 Å². The Morgan fingerprint density at radius 1 is 1.26 bits per heavy atom. The van der Waals surface area contributed by atoms with Crippen molar-refractivity contribution in [3.8, 4) is 5.75 Å². The molecule has 160 valence electrons. The normalized spacial score (nSPS) is 17.5. The summed E-state index contributed by atoms with van der Waals surface area (Å²) in [5.74, 6) is 0.407. The molecule has 1 atom stereocenters. The molecule has 2 aliphatic heterocycles. The topological polar surface area (TPSA) is 51.1 Å². The van der Waals surface area contributed by atoms with Crippen molar-refractivity contribution in [3.63, 3.8) is 0 Å². The van der Waals surface area contributed by atoms with Crippen LogP contribution in [-0.4, -0.2) is 22.6 Å². The van der Waals surface area contributed by atoms with Crippen LogP contribution >= 0.6 is 50.3 Å². The van der Waals surface area contributed by atoms with Crippen molar-refractivity contribution in [2.24, 2.45) is 4.99 Å². The van der Waals surface area contributed by atoms with Gasteiger partial charge in [0, 0.05) is 9.77 Å². The van der Waals surface area contributed by atoms with Crippen molar-refractivity contribution >= 4 is 61.4 Å². The summed E-state index contributed by atoms with van der Waals surface area (Å²) >= 11 is 7.47. The lowest BCUT2D eigenvalue weighted by Gasteiger charge is -2.33. The lowest BCUT2D eigenvalue weighted by Crippen LogP contribution is -2.34. The Kier molecular flexibility index (Phi) is 7.08. The molecule has 0 saturated heterocycles. The maximum Gasteiger partial charge on any atom is 0.338 e. The van der Waals surface area contributed by atoms with Gasteiger partial charge in [-0.1, -0.05) is 30.0 Å². The number of carbonyl (C=O) groups excluding carboxylic acids is 1. The average molecular weight is 611 g/mol. The van der Waals surface area contributed by atoms with E-state index in [0.717, 1.165) is 26.5 Å². The molecule has 31 heavy (non-hydrogen) atoms. The predicted molar refractivity (Wildman–Crippen MR) is 136 cm³/mol. The van der Waals surface area contributed by atoms with Gasteiger partial charge in [0.05, 0.1) is 28.4 Å². The Morgan fingerprint density at radius 2 is 2.03 bits per heavy atom. The molecule has 2 aliphatic rings. The molecule has 2 heterocycles. The third-order valence-electron chi connectivity index (χ3n) is 4.90. The smallest absolute Gasteiger partial charge is 0.338 e. The molecule has 0 aliphatic carbocycles. The van der Waals surface area contributed by atoms with Gasteiger partial charge in [-0.3, -0.25) is 0 Å². The third kappa shape index (κ3) is 4.85. The van der Waals surface area contributed by atoms with Crippen molar-refractivity contribution in [1.29, 1.82) is 0 Å². The first-order valence-electron chi connectivity index (χ1n) is 9.73. The van der Waals surface area contributed by atoms with Crippen LogP contribution in [0.1, 0.15) is 31.0 Å². The number of rotatable bonds is 6. The Balaban J connectivity index is 1.62. The molecule has 0 radical (unpaired) electrons. The number of aliphatic imine (C=N–C) groups is 1. The van der Waals surface area contributed by atoms with Crippen molar-refractivity contribution in [2.75, 3.05) is 6.61 Å². The molecular formula is C23H20BrIN2O3S. The second-order valence-electron chi connectivity index (χ2n) is 6.93. The second kappa shape index (κ2) is 9.79. The zero-order chi connectivity index (χ0) is 22.0. The number of ether oxygens (including phenoxy) is 2. The zero-order valence-corrected chi connectivity index (χ0v) is 21.5. The molecule has 0 unspecified atom stereocenters. The summed E-state index contributed by atoms with van der Waals surface area (Å²) in [6, 6.07) is 13.9. The highest BCUT2D eigenvalue weighted by atomic mass is 127. The number of thioether (sulfide) groups is 1. The number of hydrogen-bond donors (Lipinski definition) is 0. The summed E-state index contributed by atoms with van der Waals surface area (Å²) in [4.78, 5) is 19.4. The highest BCUT2D eigenvalue weighted by molar-refractivity contribution is 14.1. The van der Waals surface area contributed by atoms with Crippen LogP contribution in [0.5, 0.6) is 5.75 Å². The van der Waals surface area contributed by atoms with Gasteiger partial charge in [-0.05, 0) is 93.2 Å². The number of hydrogen-bond acceptors (Lipinski definition) is 6. The molecule has 0 N–H and O–H groups in total. The second-order valence-corrected chi connectivity index (χ2v) is 9.90. The fraction of sp³-hybridized carbons (Fsp3) is 0.217. The van der Waals surface area contributed by atoms with E-state index in [2.05, 4.69) is 67.8 Å². The van der Waals surface area contributed by atoms with Crippen LogP contribution in [0.4, 0.5) is 0 Å². The number of benzene rings is 2. The van der Waals surface area contributed by atoms with Crippen LogP contribution in [0.2, 0.25) is 0 Å². The highest BCUT2D eigenvalue weighted by Gasteiger charge is 2.37. The molecule has 2 aromatic carbocycles. The van der Waals surface area contributed by atoms with Gasteiger partial charge in [0.15, 0.2) is 5.17 Å². The Bertz CT molecular complexity index is 1100. The third-order valence-corrected chi connectivity index (χ3v) is 7.00. The fourth-order valence-corrected chi connectivity index (χ4v) is 5.11. The molecule has 0 spiro atoms. The quantitative estimate of drug-likeness (QED) is 0.280. The summed E-state index contributed by atoms with van der Waals surface area (Å²) in [6.07, 6.45) is 1.95. The number of allylic oxidation sites excluding steroid dienone is 1. The number of esters is 1. The van der Waals surface area contributed by atoms with Crippen LogP contribution in [-0.2, 0) is 16.1 Å². The van der Waals surface area contributed by atoms with E-state index in [1.54, 1.807) is 11.8 Å². The van der Waals surface area contributed by atoms with Crippen molar-refractivity contribution in [2.45, 2.75) is 26.5 Å². The fourth-order valence-electron chi connectivity index (χ4n) is 3.44. The minimum Gasteiger partial charge on any atom is -0.488 e. The van der Waals surface area contributed by atoms with Gasteiger partial charge < -0.3 is 14.4 Å². The van der Waals surface area contributed by atoms with E-state index in [1.807, 2.05) is 48.6 Å². The molecular weight excluding hydrogens is 591 g/mol. The van der Waals surface area contributed by atoms with Gasteiger partial charge in [0.2, 0.25) is 0 Å². The van der Waals surface area contributed by atoms with Crippen molar-refractivity contribution in [1.82, 2.24) is 4.90 Å². The molecule has 2 aromatic rings. The molecule has 0 bridgehead atoms. The molecule has 0 amide bonds. The summed E-state index contributed by atoms with van der Waals surface area (Å²) in [7, 11) is 0. The summed E-state index contributed by atoms with van der Waals surface area (Å²) in [6.45, 7) is 4.46. The monoisotopic (exact) mass is 610 g/mol. The van der Waals surface area contributed by atoms with Crippen LogP contribution < -0.4 is 4.74 Å². The number of fused-ring (bicyclic) bond motifs is 1. The van der Waals surface area contributed by atoms with Gasteiger partial charge in [-0.15, -0.1) is 0 Å². The van der Waals surface area contributed by atoms with Gasteiger partial charge in [-0.25, -0.2) is 9.79 Å². The van der Waals surface area contributed by atoms with Gasteiger partial charge >= 0.3 is 5.97 Å². The van der Waals surface area contributed by atoms with Crippen LogP contribution in [0, 0.1) is 3.57 Å². The molecule has 5 nitrogen and oxygen atoms in total. The van der Waals surface area contributed by atoms with Gasteiger partial charge in [0.25, 0.3) is 0 Å². The van der Waals surface area contributed by atoms with Crippen molar-refractivity contribution in [3.05, 3.63) is 84.5 Å². The first-order chi connectivity index (χ1) is 15.0. The van der Waals surface area contributed by atoms with E-state index in [1.165, 1.54) is 3.57 Å². The van der Waals surface area contributed by atoms with Gasteiger partial charge in [-0.2, -0.15) is 0 Å². The van der Waals surface area contributed by atoms with E-state index >= 15 is 0 Å². The number of halogens is 2. The minimum atomic E-state index is -0.340. The lowest BCUT2D eigenvalue weighted by molar-refractivity contribution is -0.139. The lowest BCUT2D eigenvalue weighted by atomic mass is 9.95. The zero-order valence-electron chi connectivity index (χ0n) is 17.0. The summed E-state index contributed by atoms with van der Waals surface area (Å²) in [5.41, 5.74) is 3.29. The first kappa shape index (κ1) is 22.4. The average Bonchev–Trinajstić information content (AvgIpc) is 3.21. The molecule has 0 fully saturated rings. The van der Waals surface area contributed by atoms with Crippen LogP contribution in [0.15, 0.2) is 74.8 Å². The molecule has 0 saturated carbocycles. The van der Waals surface area contributed by atoms with E-state index in [4.69, 9.17) is 9.47 Å². The predicted octanol–water partition coefficient (Wildman–Crippen LogP) is 6.40. The first-order valence-corrected chi connectivity index (χ1v) is 12.5. The highest BCUT2D eigenvalue weighted by Crippen LogP contribution is 2.42. The molecule has 8 heteroatoms. The largest absolute Gasteiger partial charge is 0.488 e. The van der Waals surface area contributed by atoms with Crippen LogP contribution in [0.3, 0.4) is 0 Å². The Hall–Kier alpha value is -1.78. The van der Waals surface area contributed by atoms with Gasteiger partial charge in [0.1, 0.15) is 12.4 Å². The van der Waals surface area contributed by atoms with E-state index in [9.17, 15) is 4.79 Å². The maximum absolute atomic E-state index is 12.8. The van der Waals surface area contributed by atoms with E-state index in [-0.39, 0.29) is 12.0 Å². The summed E-state index contributed by atoms with van der Waals surface area (Å²) in [5, 5.41) is 2.83. The standard InChI is InChI=1S/C23H20BrIN2O3S/c1-3-29-22(28)20-14(2)26-23-27(10-11-31-23)21(20)16-6-9-19(18(24)12-16)30-13-15-4-7-17(25)8-5-15/h4-12,21H,3,13H2,1-2H3/t21-/m0/s1. The number of carbonyl (C=O) groups is 1. The van der Waals surface area contributed by atoms with E-state index < -0.39 is 0 Å². The Morgan fingerprint density at radius 3 is 2.74 bits per heavy atom. The van der Waals surface area contributed by atoms with E-state index in [0.29, 0.717) is 24.5 Å². The maximum atomic E-state index is 12.8. The SMILES string of the molecule is CCOC(=O)C1=C(C)N=C2SC=CN2[C@H]1c1ccc(OCc2ccc(I)cc2)c(Br)c1. The summed E-state index contributed by atoms with van der Waals surface area (Å²) < 4.78 is 13.4.